The summed E-state index contributed by atoms with van der Waals surface area (Å²) in [6.45, 7) is 0.392. The minimum atomic E-state index is -4.43. The minimum Gasteiger partial charge on any atom is -0.326 e. The van der Waals surface area contributed by atoms with Crippen molar-refractivity contribution in [1.82, 2.24) is 0 Å². The van der Waals surface area contributed by atoms with E-state index < -0.39 is 16.0 Å². The van der Waals surface area contributed by atoms with Crippen molar-refractivity contribution in [2.45, 2.75) is 12.3 Å². The molecule has 3 nitrogen and oxygen atoms in total. The van der Waals surface area contributed by atoms with Crippen LogP contribution in [0.3, 0.4) is 0 Å². The molecule has 0 saturated heterocycles. The highest BCUT2D eigenvalue weighted by molar-refractivity contribution is 7.85. The number of hydrogen-bond donors (Lipinski definition) is 1. The highest BCUT2D eigenvalue weighted by Gasteiger charge is 2.07. The lowest BCUT2D eigenvalue weighted by atomic mass is 10.1. The zero-order valence-electron chi connectivity index (χ0n) is 6.90. The van der Waals surface area contributed by atoms with E-state index in [9.17, 15) is 12.3 Å². The molecule has 1 aromatic carbocycles. The third-order valence-corrected chi connectivity index (χ3v) is 2.28. The SMILES string of the molecule is NCc1ccc(CS(=O)(=O)F)cc1. The van der Waals surface area contributed by atoms with E-state index in [1.807, 2.05) is 0 Å². The molecule has 0 aliphatic carbocycles. The van der Waals surface area contributed by atoms with E-state index in [0.29, 0.717) is 12.1 Å². The smallest absolute Gasteiger partial charge is 0.306 e. The van der Waals surface area contributed by atoms with Gasteiger partial charge in [0.1, 0.15) is 5.75 Å². The van der Waals surface area contributed by atoms with Gasteiger partial charge in [0.2, 0.25) is 0 Å². The zero-order valence-corrected chi connectivity index (χ0v) is 7.72. The van der Waals surface area contributed by atoms with Gasteiger partial charge >= 0.3 is 10.2 Å². The van der Waals surface area contributed by atoms with Crippen LogP contribution in [0, 0.1) is 0 Å². The number of nitrogens with two attached hydrogens (primary N) is 1. The number of hydrogen-bond acceptors (Lipinski definition) is 3. The van der Waals surface area contributed by atoms with Crippen molar-refractivity contribution in [2.24, 2.45) is 5.73 Å². The van der Waals surface area contributed by atoms with Crippen LogP contribution >= 0.6 is 0 Å². The van der Waals surface area contributed by atoms with Crippen LogP contribution < -0.4 is 5.73 Å². The Morgan fingerprint density at radius 3 is 2.00 bits per heavy atom. The van der Waals surface area contributed by atoms with Crippen LogP contribution in [0.15, 0.2) is 24.3 Å². The van der Waals surface area contributed by atoms with Gasteiger partial charge in [-0.15, -0.1) is 3.89 Å². The second kappa shape index (κ2) is 3.85. The molecule has 0 saturated carbocycles. The van der Waals surface area contributed by atoms with Crippen LogP contribution in [0.1, 0.15) is 11.1 Å². The van der Waals surface area contributed by atoms with Gasteiger partial charge in [-0.2, -0.15) is 8.42 Å². The van der Waals surface area contributed by atoms with Crippen LogP contribution in [0.2, 0.25) is 0 Å². The third kappa shape index (κ3) is 3.52. The average molecular weight is 203 g/mol. The first kappa shape index (κ1) is 10.1. The van der Waals surface area contributed by atoms with Gasteiger partial charge in [-0.25, -0.2) is 0 Å². The van der Waals surface area contributed by atoms with Gasteiger partial charge in [0.15, 0.2) is 0 Å². The van der Waals surface area contributed by atoms with Crippen LogP contribution in [0.4, 0.5) is 3.89 Å². The summed E-state index contributed by atoms with van der Waals surface area (Å²) in [6.07, 6.45) is 0. The summed E-state index contributed by atoms with van der Waals surface area (Å²) in [5.41, 5.74) is 6.65. The first-order valence-corrected chi connectivity index (χ1v) is 5.27. The van der Waals surface area contributed by atoms with Crippen LogP contribution in [-0.2, 0) is 22.5 Å². The molecule has 0 aromatic heterocycles. The summed E-state index contributed by atoms with van der Waals surface area (Å²) in [7, 11) is -4.43. The highest BCUT2D eigenvalue weighted by Crippen LogP contribution is 2.08. The predicted molar refractivity (Wildman–Crippen MR) is 48.1 cm³/mol. The van der Waals surface area contributed by atoms with E-state index >= 15 is 0 Å². The quantitative estimate of drug-likeness (QED) is 0.744. The monoisotopic (exact) mass is 203 g/mol. The van der Waals surface area contributed by atoms with Crippen molar-refractivity contribution >= 4 is 10.2 Å². The van der Waals surface area contributed by atoms with Gasteiger partial charge in [0.25, 0.3) is 0 Å². The Morgan fingerprint density at radius 2 is 1.62 bits per heavy atom. The Morgan fingerprint density at radius 1 is 1.15 bits per heavy atom. The topological polar surface area (TPSA) is 60.2 Å². The second-order valence-electron chi connectivity index (χ2n) is 2.70. The van der Waals surface area contributed by atoms with E-state index in [2.05, 4.69) is 0 Å². The molecule has 0 aliphatic heterocycles. The van der Waals surface area contributed by atoms with E-state index in [1.165, 1.54) is 0 Å². The molecule has 0 unspecified atom stereocenters. The molecular formula is C8H10FNO2S. The Bertz CT molecular complexity index is 372. The molecule has 0 heterocycles. The zero-order chi connectivity index (χ0) is 9.90. The maximum Gasteiger partial charge on any atom is 0.306 e. The van der Waals surface area contributed by atoms with E-state index in [4.69, 9.17) is 5.73 Å². The molecule has 5 heteroatoms. The average Bonchev–Trinajstić information content (AvgIpc) is 2.03. The van der Waals surface area contributed by atoms with Crippen molar-refractivity contribution in [3.05, 3.63) is 35.4 Å². The lowest BCUT2D eigenvalue weighted by molar-refractivity contribution is 0.551. The lowest BCUT2D eigenvalue weighted by Gasteiger charge is -1.99. The Kier molecular flexibility index (Phi) is 3.00. The van der Waals surface area contributed by atoms with Crippen LogP contribution in [-0.4, -0.2) is 8.42 Å². The van der Waals surface area contributed by atoms with Gasteiger partial charge in [0.05, 0.1) is 0 Å². The summed E-state index contributed by atoms with van der Waals surface area (Å²) in [4.78, 5) is 0. The van der Waals surface area contributed by atoms with Crippen LogP contribution in [0.5, 0.6) is 0 Å². The predicted octanol–water partition coefficient (Wildman–Crippen LogP) is 0.945. The number of halogens is 1. The lowest BCUT2D eigenvalue weighted by Crippen LogP contribution is -1.98. The first-order valence-electron chi connectivity index (χ1n) is 3.71. The fraction of sp³-hybridized carbons (Fsp3) is 0.250. The Hall–Kier alpha value is -0.940. The molecule has 13 heavy (non-hydrogen) atoms. The molecule has 0 atom stereocenters. The normalized spacial score (nSPS) is 11.5. The van der Waals surface area contributed by atoms with E-state index in [-0.39, 0.29) is 0 Å². The standard InChI is InChI=1S/C8H10FNO2S/c9-13(11,12)6-8-3-1-7(5-10)2-4-8/h1-4H,5-6,10H2. The second-order valence-corrected chi connectivity index (χ2v) is 4.07. The number of benzene rings is 1. The molecule has 0 amide bonds. The van der Waals surface area contributed by atoms with Gasteiger partial charge < -0.3 is 5.73 Å². The van der Waals surface area contributed by atoms with E-state index in [0.717, 1.165) is 5.56 Å². The largest absolute Gasteiger partial charge is 0.326 e. The van der Waals surface area contributed by atoms with Gasteiger partial charge in [-0.3, -0.25) is 0 Å². The van der Waals surface area contributed by atoms with Crippen molar-refractivity contribution < 1.29 is 12.3 Å². The summed E-state index contributed by atoms with van der Waals surface area (Å²) in [5.74, 6) is -0.572. The summed E-state index contributed by atoms with van der Waals surface area (Å²) in [6, 6.07) is 6.47. The molecule has 2 N–H and O–H groups in total. The van der Waals surface area contributed by atoms with Gasteiger partial charge in [-0.05, 0) is 11.1 Å². The maximum atomic E-state index is 12.2. The molecule has 1 aromatic rings. The molecule has 0 radical (unpaired) electrons. The summed E-state index contributed by atoms with van der Waals surface area (Å²) >= 11 is 0. The number of rotatable bonds is 3. The molecular weight excluding hydrogens is 193 g/mol. The highest BCUT2D eigenvalue weighted by atomic mass is 32.3. The molecule has 0 spiro atoms. The molecule has 1 rings (SSSR count). The Balaban J connectivity index is 2.81. The third-order valence-electron chi connectivity index (χ3n) is 1.60. The summed E-state index contributed by atoms with van der Waals surface area (Å²) < 4.78 is 32.7. The molecule has 72 valence electrons. The van der Waals surface area contributed by atoms with Crippen molar-refractivity contribution in [3.8, 4) is 0 Å². The van der Waals surface area contributed by atoms with Gasteiger partial charge in [0, 0.05) is 6.54 Å². The fourth-order valence-corrected chi connectivity index (χ4v) is 1.56. The fourth-order valence-electron chi connectivity index (χ4n) is 0.971. The van der Waals surface area contributed by atoms with Crippen LogP contribution in [0.25, 0.3) is 0 Å². The summed E-state index contributed by atoms with van der Waals surface area (Å²) in [5, 5.41) is 0. The first-order chi connectivity index (χ1) is 6.01. The van der Waals surface area contributed by atoms with Crippen molar-refractivity contribution in [2.75, 3.05) is 0 Å². The maximum absolute atomic E-state index is 12.2. The van der Waals surface area contributed by atoms with E-state index in [1.54, 1.807) is 24.3 Å². The Labute approximate surface area is 76.6 Å². The molecule has 0 aliphatic rings. The molecule has 0 bridgehead atoms. The van der Waals surface area contributed by atoms with Crippen molar-refractivity contribution in [3.63, 3.8) is 0 Å². The van der Waals surface area contributed by atoms with Crippen molar-refractivity contribution in [1.29, 1.82) is 0 Å². The minimum absolute atomic E-state index is 0.392. The van der Waals surface area contributed by atoms with Gasteiger partial charge in [-0.1, -0.05) is 24.3 Å². The molecule has 0 fully saturated rings.